The Morgan fingerprint density at radius 3 is 2.08 bits per heavy atom. The van der Waals surface area contributed by atoms with Crippen LogP contribution in [0.5, 0.6) is 0 Å². The standard InChI is InChI=1S/C40H58BrN5O4Si2/c1-40(2,3)50-39(47)31-17-15-30(16-18-31)36-35(41)38(45(27-48-21-23-51(4,5)6)28-49-22-24-52(7,8)9)46-37(44-36)33(26-43-46)32-19-20-34(42-25-32)29-13-11-10-12-14-29/h10-14,19-20,25-26,30-31H,15-18,21-24,27-28H2,1-9H3/t30-,31-/i10D,11D,12D,13D,14D. The summed E-state index contributed by atoms with van der Waals surface area (Å²) in [5.74, 6) is 0.479. The van der Waals surface area contributed by atoms with Crippen molar-refractivity contribution >= 4 is 49.5 Å². The second-order valence-corrected chi connectivity index (χ2v) is 29.2. The van der Waals surface area contributed by atoms with E-state index < -0.39 is 39.9 Å². The minimum atomic E-state index is -1.34. The average Bonchev–Trinajstić information content (AvgIpc) is 3.55. The van der Waals surface area contributed by atoms with Crippen LogP contribution in [0.25, 0.3) is 28.0 Å². The van der Waals surface area contributed by atoms with Gasteiger partial charge in [-0.15, -0.1) is 0 Å². The van der Waals surface area contributed by atoms with Gasteiger partial charge in [0.05, 0.1) is 34.8 Å². The third kappa shape index (κ3) is 11.1. The van der Waals surface area contributed by atoms with Crippen molar-refractivity contribution in [2.45, 2.75) is 109 Å². The van der Waals surface area contributed by atoms with Gasteiger partial charge in [-0.2, -0.15) is 9.61 Å². The van der Waals surface area contributed by atoms with Crippen LogP contribution in [0.3, 0.4) is 0 Å². The van der Waals surface area contributed by atoms with Crippen molar-refractivity contribution in [3.8, 4) is 22.4 Å². The molecule has 9 nitrogen and oxygen atoms in total. The summed E-state index contributed by atoms with van der Waals surface area (Å²) < 4.78 is 62.2. The van der Waals surface area contributed by atoms with E-state index >= 15 is 0 Å². The van der Waals surface area contributed by atoms with E-state index in [0.29, 0.717) is 42.8 Å². The lowest BCUT2D eigenvalue weighted by molar-refractivity contribution is -0.161. The summed E-state index contributed by atoms with van der Waals surface area (Å²) in [7, 11) is -2.68. The zero-order valence-electron chi connectivity index (χ0n) is 37.3. The van der Waals surface area contributed by atoms with E-state index in [9.17, 15) is 4.79 Å². The molecule has 1 fully saturated rings. The van der Waals surface area contributed by atoms with Crippen LogP contribution >= 0.6 is 15.9 Å². The SMILES string of the molecule is [2H]c1c([2H])c([2H])c(-c2ccc(-c3cnn4c(N(COCC[Si](C)(C)C)COCC[Si](C)(C)C)c(Br)c([C@H]5CC[C@H](C(=O)OC(C)(C)C)CC5)nc34)cn2)c([2H])c1[2H]. The van der Waals surface area contributed by atoms with Crippen molar-refractivity contribution in [2.24, 2.45) is 5.92 Å². The van der Waals surface area contributed by atoms with Crippen LogP contribution in [-0.4, -0.2) is 74.0 Å². The lowest BCUT2D eigenvalue weighted by atomic mass is 9.80. The zero-order valence-corrected chi connectivity index (χ0v) is 35.9. The molecule has 0 bridgehead atoms. The van der Waals surface area contributed by atoms with Crippen LogP contribution in [0.15, 0.2) is 59.2 Å². The van der Waals surface area contributed by atoms with Crippen LogP contribution in [0.1, 0.15) is 64.9 Å². The number of carbonyl (C=O) groups excluding carboxylic acids is 1. The smallest absolute Gasteiger partial charge is 0.309 e. The molecule has 0 spiro atoms. The molecule has 282 valence electrons. The summed E-state index contributed by atoms with van der Waals surface area (Å²) in [6.45, 7) is 21.5. The van der Waals surface area contributed by atoms with Gasteiger partial charge in [-0.1, -0.05) is 75.6 Å². The summed E-state index contributed by atoms with van der Waals surface area (Å²) >= 11 is 3.99. The van der Waals surface area contributed by atoms with Crippen molar-refractivity contribution < 1.29 is 25.9 Å². The van der Waals surface area contributed by atoms with Gasteiger partial charge in [0.1, 0.15) is 19.1 Å². The first-order valence-electron chi connectivity index (χ1n) is 20.8. The third-order valence-electron chi connectivity index (χ3n) is 9.06. The van der Waals surface area contributed by atoms with Gasteiger partial charge in [0.15, 0.2) is 11.5 Å². The highest BCUT2D eigenvalue weighted by Gasteiger charge is 2.34. The van der Waals surface area contributed by atoms with E-state index in [0.717, 1.165) is 40.9 Å². The van der Waals surface area contributed by atoms with Gasteiger partial charge >= 0.3 is 5.97 Å². The first-order chi connectivity index (χ1) is 26.6. The number of benzene rings is 1. The molecule has 0 aliphatic heterocycles. The summed E-state index contributed by atoms with van der Waals surface area (Å²) in [6.07, 6.45) is 6.25. The molecule has 0 N–H and O–H groups in total. The van der Waals surface area contributed by atoms with E-state index in [2.05, 4.69) is 65.1 Å². The molecule has 1 aliphatic rings. The molecule has 12 heteroatoms. The number of hydrogen-bond acceptors (Lipinski definition) is 8. The quantitative estimate of drug-likeness (QED) is 0.0507. The highest BCUT2D eigenvalue weighted by molar-refractivity contribution is 9.10. The Morgan fingerprint density at radius 1 is 0.923 bits per heavy atom. The number of rotatable bonds is 15. The Morgan fingerprint density at radius 2 is 1.54 bits per heavy atom. The molecule has 0 saturated heterocycles. The van der Waals surface area contributed by atoms with E-state index in [4.69, 9.17) is 31.1 Å². The highest BCUT2D eigenvalue weighted by atomic mass is 79.9. The van der Waals surface area contributed by atoms with E-state index in [1.165, 1.54) is 0 Å². The van der Waals surface area contributed by atoms with Crippen molar-refractivity contribution in [3.63, 3.8) is 0 Å². The molecule has 0 unspecified atom stereocenters. The van der Waals surface area contributed by atoms with Gasteiger partial charge in [0.25, 0.3) is 0 Å². The molecule has 0 atom stereocenters. The molecule has 5 rings (SSSR count). The fraction of sp³-hybridized carbons (Fsp3) is 0.550. The fourth-order valence-electron chi connectivity index (χ4n) is 6.05. The zero-order chi connectivity index (χ0) is 42.0. The Labute approximate surface area is 328 Å². The summed E-state index contributed by atoms with van der Waals surface area (Å²) in [5, 5.41) is 4.87. The normalized spacial score (nSPS) is 18.4. The van der Waals surface area contributed by atoms with Crippen LogP contribution < -0.4 is 4.90 Å². The first kappa shape index (κ1) is 33.6. The number of hydrogen-bond donors (Lipinski definition) is 0. The van der Waals surface area contributed by atoms with E-state index in [1.807, 2.05) is 31.4 Å². The van der Waals surface area contributed by atoms with Gasteiger partial charge in [0, 0.05) is 58.2 Å². The molecule has 52 heavy (non-hydrogen) atoms. The maximum atomic E-state index is 13.0. The fourth-order valence-corrected chi connectivity index (χ4v) is 8.40. The van der Waals surface area contributed by atoms with Gasteiger partial charge in [0.2, 0.25) is 0 Å². The molecule has 4 aromatic rings. The number of nitrogens with zero attached hydrogens (tertiary/aromatic N) is 5. The Kier molecular flexibility index (Phi) is 11.0. The minimum absolute atomic E-state index is 0.0416. The molecule has 3 heterocycles. The predicted octanol–water partition coefficient (Wildman–Crippen LogP) is 10.3. The number of ether oxygens (including phenoxy) is 3. The number of fused-ring (bicyclic) bond motifs is 1. The monoisotopic (exact) mass is 812 g/mol. The second-order valence-electron chi connectivity index (χ2n) is 17.2. The van der Waals surface area contributed by atoms with Crippen molar-refractivity contribution in [2.75, 3.05) is 31.6 Å². The maximum Gasteiger partial charge on any atom is 0.309 e. The number of esters is 1. The van der Waals surface area contributed by atoms with Crippen molar-refractivity contribution in [1.29, 1.82) is 0 Å². The molecule has 1 aromatic carbocycles. The number of carbonyl (C=O) groups is 1. The van der Waals surface area contributed by atoms with E-state index in [1.54, 1.807) is 18.5 Å². The lowest BCUT2D eigenvalue weighted by Gasteiger charge is -2.32. The topological polar surface area (TPSA) is 91.1 Å². The Balaban J connectivity index is 1.58. The average molecular weight is 814 g/mol. The summed E-state index contributed by atoms with van der Waals surface area (Å²) in [5.41, 5.74) is 2.64. The first-order valence-corrected chi connectivity index (χ1v) is 26.5. The second kappa shape index (κ2) is 17.1. The predicted molar refractivity (Wildman–Crippen MR) is 220 cm³/mol. The Bertz CT molecular complexity index is 2010. The number of pyridine rings is 1. The minimum Gasteiger partial charge on any atom is -0.460 e. The molecule has 1 saturated carbocycles. The van der Waals surface area contributed by atoms with Gasteiger partial charge in [-0.25, -0.2) is 4.98 Å². The van der Waals surface area contributed by atoms with Crippen molar-refractivity contribution in [1.82, 2.24) is 19.6 Å². The summed E-state index contributed by atoms with van der Waals surface area (Å²) in [4.78, 5) is 25.0. The molecule has 0 radical (unpaired) electrons. The largest absolute Gasteiger partial charge is 0.460 e. The number of halogens is 1. The molecular weight excluding hydrogens is 751 g/mol. The van der Waals surface area contributed by atoms with E-state index in [-0.39, 0.29) is 54.6 Å². The lowest BCUT2D eigenvalue weighted by Crippen LogP contribution is -2.34. The van der Waals surface area contributed by atoms with Crippen LogP contribution in [0.2, 0.25) is 51.4 Å². The molecule has 1 aliphatic carbocycles. The molecule has 0 amide bonds. The molecule has 3 aromatic heterocycles. The van der Waals surface area contributed by atoms with Gasteiger partial charge < -0.3 is 19.1 Å². The number of anilines is 1. The summed E-state index contributed by atoms with van der Waals surface area (Å²) in [6, 6.07) is 3.64. The Hall–Kier alpha value is -2.91. The molecular formula is C40H58BrN5O4Si2. The maximum absolute atomic E-state index is 13.0. The third-order valence-corrected chi connectivity index (χ3v) is 13.2. The van der Waals surface area contributed by atoms with Crippen LogP contribution in [0.4, 0.5) is 5.82 Å². The van der Waals surface area contributed by atoms with Gasteiger partial charge in [-0.05, 0) is 80.5 Å². The van der Waals surface area contributed by atoms with Crippen LogP contribution in [-0.2, 0) is 19.0 Å². The van der Waals surface area contributed by atoms with Crippen LogP contribution in [0, 0.1) is 5.92 Å². The highest BCUT2D eigenvalue weighted by Crippen LogP contribution is 2.43. The number of aromatic nitrogens is 4. The van der Waals surface area contributed by atoms with Crippen molar-refractivity contribution in [3.05, 3.63) is 64.9 Å². The van der Waals surface area contributed by atoms with Gasteiger partial charge in [-0.3, -0.25) is 9.78 Å².